The molecule has 0 bridgehead atoms. The Morgan fingerprint density at radius 1 is 0.648 bits per heavy atom. The molecule has 3 aromatic carbocycles. The van der Waals surface area contributed by atoms with Gasteiger partial charge in [0.05, 0.1) is 66.2 Å². The molecule has 0 saturated heterocycles. The summed E-state index contributed by atoms with van der Waals surface area (Å²) in [5, 5.41) is 34.7. The van der Waals surface area contributed by atoms with Crippen LogP contribution in [0.3, 0.4) is 0 Å². The van der Waals surface area contributed by atoms with Crippen LogP contribution in [0.25, 0.3) is 0 Å². The van der Waals surface area contributed by atoms with Crippen LogP contribution < -0.4 is 187 Å². The number of aliphatic hydroxyl groups is 1. The normalized spacial score (nSPS) is 10.6. The number of ether oxygens (including phenoxy) is 3. The second kappa shape index (κ2) is 45.3. The van der Waals surface area contributed by atoms with E-state index in [0.717, 1.165) is 36.3 Å². The van der Waals surface area contributed by atoms with Crippen LogP contribution in [0.15, 0.2) is 78.9 Å². The molecule has 0 atom stereocenters. The maximum atomic E-state index is 11.0. The van der Waals surface area contributed by atoms with Gasteiger partial charge in [0.15, 0.2) is 0 Å². The van der Waals surface area contributed by atoms with E-state index < -0.39 is 44.8 Å². The summed E-state index contributed by atoms with van der Waals surface area (Å²) in [6, 6.07) is 24.4. The third kappa shape index (κ3) is 45.0. The monoisotopic (exact) mass is 1100 g/mol. The van der Waals surface area contributed by atoms with Crippen molar-refractivity contribution in [2.45, 2.75) is 53.0 Å². The molecule has 366 valence electrons. The summed E-state index contributed by atoms with van der Waals surface area (Å²) in [5.41, 5.74) is 3.46. The number of carboxylic acid groups (broad SMARTS) is 3. The second-order valence-corrected chi connectivity index (χ2v) is 18.6. The zero-order valence-corrected chi connectivity index (χ0v) is 58.5. The summed E-state index contributed by atoms with van der Waals surface area (Å²) in [6.07, 6.45) is 1.15. The molecule has 71 heavy (non-hydrogen) atoms. The van der Waals surface area contributed by atoms with Crippen molar-refractivity contribution >= 4 is 44.1 Å². The van der Waals surface area contributed by atoms with Crippen molar-refractivity contribution in [3.63, 3.8) is 0 Å². The first-order valence-electron chi connectivity index (χ1n) is 20.6. The number of rotatable bonds is 25. The van der Waals surface area contributed by atoms with Gasteiger partial charge in [0, 0.05) is 25.2 Å². The number of aliphatic hydroxyl groups excluding tert-OH is 1. The molecular formula is C45H70ClN3Na6O15P+7. The number of aliphatic carboxylic acids is 3. The largest absolute Gasteiger partial charge is 1.00 e. The Morgan fingerprint density at radius 3 is 1.55 bits per heavy atom. The van der Waals surface area contributed by atoms with Gasteiger partial charge >= 0.3 is 209 Å². The number of benzene rings is 3. The average Bonchev–Trinajstić information content (AvgIpc) is 3.17. The number of phosphoric acid groups is 1. The molecule has 3 aromatic rings. The average molecular weight is 1100 g/mol. The molecule has 0 aliphatic heterocycles. The van der Waals surface area contributed by atoms with E-state index in [1.807, 2.05) is 0 Å². The molecule has 0 aliphatic rings. The predicted octanol–water partition coefficient (Wildman–Crippen LogP) is -12.7. The van der Waals surface area contributed by atoms with Crippen LogP contribution in [0.5, 0.6) is 11.5 Å². The summed E-state index contributed by atoms with van der Waals surface area (Å²) in [6.45, 7) is 14.4. The first-order chi connectivity index (χ1) is 29.7. The Labute approximate surface area is 559 Å². The van der Waals surface area contributed by atoms with E-state index in [2.05, 4.69) is 113 Å². The molecule has 0 aliphatic carbocycles. The number of carboxylic acids is 3. The molecule has 18 nitrogen and oxygen atoms in total. The van der Waals surface area contributed by atoms with Crippen molar-refractivity contribution in [3.8, 4) is 11.5 Å². The zero-order valence-electron chi connectivity index (χ0n) is 44.8. The maximum absolute atomic E-state index is 11.0. The summed E-state index contributed by atoms with van der Waals surface area (Å²) in [5.74, 6) is -3.03. The molecule has 0 radical (unpaired) electrons. The van der Waals surface area contributed by atoms with Crippen molar-refractivity contribution in [1.29, 1.82) is 0 Å². The molecule has 6 N–H and O–H groups in total. The Balaban J connectivity index is -0.000000175. The van der Waals surface area contributed by atoms with E-state index >= 15 is 0 Å². The third-order valence-corrected chi connectivity index (χ3v) is 9.57. The standard InChI is InChI=1S/C27H42NO2.C10H18N2O7.C8H9O6P.ClH.6Na/c1-26(2,3)22-27(4,5)24-13-15-25(16-14-24)30-20-19-29-18-17-28(6,7)21-23-11-9-8-10-12-23;13-4-3-11(5-8(14)15)1-2-12(6-9(16)17)7-10(18)19;1-13-8(9)6-2-4-7(5-3-6)14-15(10,11)12;;;;;;;/h8-16H,17-22H2,1-7H3;13H,1-7H2,(H,14,15)(H,16,17)(H,18,19);2-5H,1H3,(H2,10,11,12);1H;;;;;;/q+1;;;;6*+1. The summed E-state index contributed by atoms with van der Waals surface area (Å²) >= 11 is 0. The van der Waals surface area contributed by atoms with Crippen LogP contribution in [0.1, 0.15) is 62.5 Å². The zero-order chi connectivity index (χ0) is 48.6. The minimum absolute atomic E-state index is 0. The van der Waals surface area contributed by atoms with Crippen molar-refractivity contribution < 1.29 is 255 Å². The number of nitrogens with zero attached hydrogens (tertiary/aromatic N) is 3. The van der Waals surface area contributed by atoms with Crippen LogP contribution in [-0.4, -0.2) is 162 Å². The van der Waals surface area contributed by atoms with Crippen LogP contribution in [0.2, 0.25) is 0 Å². The Bertz CT molecular complexity index is 1900. The van der Waals surface area contributed by atoms with Gasteiger partial charge < -0.3 is 43.6 Å². The molecule has 3 rings (SSSR count). The van der Waals surface area contributed by atoms with E-state index in [9.17, 15) is 23.7 Å². The van der Waals surface area contributed by atoms with E-state index in [4.69, 9.17) is 39.7 Å². The van der Waals surface area contributed by atoms with E-state index in [0.29, 0.717) is 18.6 Å². The number of halogens is 1. The number of methoxy groups -OCH3 is 1. The van der Waals surface area contributed by atoms with Gasteiger partial charge in [-0.25, -0.2) is 9.36 Å². The molecule has 0 saturated carbocycles. The van der Waals surface area contributed by atoms with Crippen molar-refractivity contribution in [3.05, 3.63) is 95.6 Å². The van der Waals surface area contributed by atoms with Gasteiger partial charge in [0.25, 0.3) is 0 Å². The van der Waals surface area contributed by atoms with Gasteiger partial charge in [-0.2, -0.15) is 0 Å². The van der Waals surface area contributed by atoms with Crippen LogP contribution in [-0.2, 0) is 40.4 Å². The molecule has 0 fully saturated rings. The topological polar surface area (TPSA) is 250 Å². The number of hydrogen-bond acceptors (Lipinski definition) is 12. The summed E-state index contributed by atoms with van der Waals surface area (Å²) in [7, 11) is 1.18. The fourth-order valence-electron chi connectivity index (χ4n) is 6.61. The van der Waals surface area contributed by atoms with E-state index in [1.54, 1.807) is 0 Å². The molecule has 0 heterocycles. The number of quaternary nitrogens is 1. The van der Waals surface area contributed by atoms with Crippen molar-refractivity contribution in [1.82, 2.24) is 9.80 Å². The van der Waals surface area contributed by atoms with E-state index in [-0.39, 0.29) is 239 Å². The minimum atomic E-state index is -4.55. The van der Waals surface area contributed by atoms with Crippen molar-refractivity contribution in [2.24, 2.45) is 5.41 Å². The second-order valence-electron chi connectivity index (χ2n) is 17.4. The molecule has 0 amide bonds. The van der Waals surface area contributed by atoms with Crippen LogP contribution in [0.4, 0.5) is 0 Å². The first-order valence-corrected chi connectivity index (χ1v) is 22.1. The molecular weight excluding hydrogens is 1030 g/mol. The fraction of sp³-hybridized carbons (Fsp3) is 0.511. The Morgan fingerprint density at radius 2 is 1.11 bits per heavy atom. The number of carbonyl (C=O) groups is 4. The van der Waals surface area contributed by atoms with Gasteiger partial charge in [0.1, 0.15) is 31.2 Å². The Kier molecular flexibility index (Phi) is 55.0. The van der Waals surface area contributed by atoms with Crippen molar-refractivity contribution in [2.75, 3.05) is 93.4 Å². The summed E-state index contributed by atoms with van der Waals surface area (Å²) < 4.78 is 31.8. The van der Waals surface area contributed by atoms with E-state index in [1.165, 1.54) is 52.3 Å². The first kappa shape index (κ1) is 86.3. The number of carbonyl (C=O) groups excluding carboxylic acids is 1. The number of hydrogen-bond donors (Lipinski definition) is 6. The third-order valence-electron chi connectivity index (χ3n) is 9.12. The Hall–Kier alpha value is 1.38. The van der Waals surface area contributed by atoms with Gasteiger partial charge in [-0.1, -0.05) is 77.1 Å². The van der Waals surface area contributed by atoms with Gasteiger partial charge in [-0.05, 0) is 59.2 Å². The molecule has 0 aromatic heterocycles. The summed E-state index contributed by atoms with van der Waals surface area (Å²) in [4.78, 5) is 62.2. The number of phosphoric ester groups is 1. The SMILES string of the molecule is CC(C)(C)CC(C)(C)c1ccc(OCCOCC[N+](C)(C)Cc2ccccc2)cc1.COC(=O)c1ccc(OP(=O)(O)O)cc1.Cl.O=C(O)CN(CCO)CCN(CC(=O)O)CC(=O)O.[Na+].[Na+].[Na+].[Na+].[Na+].[Na+]. The smallest absolute Gasteiger partial charge is 0.491 e. The number of likely N-dealkylation sites (N-methyl/N-ethyl adjacent to an activating group) is 1. The molecule has 0 unspecified atom stereocenters. The fourth-order valence-corrected chi connectivity index (χ4v) is 7.00. The van der Waals surface area contributed by atoms with Gasteiger partial charge in [0.2, 0.25) is 0 Å². The van der Waals surface area contributed by atoms with Gasteiger partial charge in [-0.15, -0.1) is 12.4 Å². The maximum Gasteiger partial charge on any atom is 1.00 e. The van der Waals surface area contributed by atoms with Crippen LogP contribution >= 0.6 is 20.2 Å². The van der Waals surface area contributed by atoms with Crippen LogP contribution in [0, 0.1) is 5.41 Å². The quantitative estimate of drug-likeness (QED) is 0.0152. The number of esters is 1. The van der Waals surface area contributed by atoms with Gasteiger partial charge in [-0.3, -0.25) is 34.0 Å². The molecule has 26 heteroatoms. The molecule has 0 spiro atoms. The minimum Gasteiger partial charge on any atom is -0.491 e. The predicted molar refractivity (Wildman–Crippen MR) is 248 cm³/mol.